The molecule has 0 aromatic heterocycles. The molecule has 1 aliphatic heterocycles. The fourth-order valence-corrected chi connectivity index (χ4v) is 2.04. The van der Waals surface area contributed by atoms with Gasteiger partial charge in [-0.05, 0) is 17.7 Å². The van der Waals surface area contributed by atoms with Crippen molar-refractivity contribution in [3.8, 4) is 11.5 Å². The minimum atomic E-state index is 0.157. The van der Waals surface area contributed by atoms with Crippen molar-refractivity contribution in [2.24, 2.45) is 0 Å². The van der Waals surface area contributed by atoms with Crippen molar-refractivity contribution >= 4 is 5.78 Å². The Labute approximate surface area is 101 Å². The summed E-state index contributed by atoms with van der Waals surface area (Å²) < 4.78 is 5.07. The van der Waals surface area contributed by atoms with Gasteiger partial charge in [-0.15, -0.1) is 0 Å². The number of carbonyl (C=O) groups is 1. The highest BCUT2D eigenvalue weighted by atomic mass is 16.5. The lowest BCUT2D eigenvalue weighted by Gasteiger charge is -2.25. The first kappa shape index (κ1) is 11.9. The number of hydrogen-bond donors (Lipinski definition) is 1. The van der Waals surface area contributed by atoms with Gasteiger partial charge in [-0.2, -0.15) is 0 Å². The molecule has 1 heterocycles. The smallest absolute Gasteiger partial charge is 0.160 e. The third-order valence-corrected chi connectivity index (χ3v) is 3.06. The van der Waals surface area contributed by atoms with Crippen molar-refractivity contribution in [3.05, 3.63) is 23.8 Å². The summed E-state index contributed by atoms with van der Waals surface area (Å²) in [7, 11) is 1.54. The molecule has 1 aromatic carbocycles. The van der Waals surface area contributed by atoms with Crippen LogP contribution in [0.1, 0.15) is 18.4 Å². The van der Waals surface area contributed by atoms with Crippen LogP contribution in [0.5, 0.6) is 11.5 Å². The van der Waals surface area contributed by atoms with Crippen molar-refractivity contribution in [1.82, 2.24) is 4.90 Å². The molecule has 92 valence electrons. The second kappa shape index (κ2) is 5.19. The van der Waals surface area contributed by atoms with Gasteiger partial charge < -0.3 is 9.84 Å². The number of aromatic hydroxyl groups is 1. The van der Waals surface area contributed by atoms with E-state index in [1.165, 1.54) is 0 Å². The van der Waals surface area contributed by atoms with Gasteiger partial charge in [0.15, 0.2) is 11.5 Å². The topological polar surface area (TPSA) is 49.8 Å². The molecule has 0 aliphatic carbocycles. The van der Waals surface area contributed by atoms with Crippen LogP contribution in [0, 0.1) is 0 Å². The van der Waals surface area contributed by atoms with Gasteiger partial charge in [0.05, 0.1) is 7.11 Å². The van der Waals surface area contributed by atoms with Crippen molar-refractivity contribution in [2.75, 3.05) is 20.2 Å². The number of phenols is 1. The molecule has 0 amide bonds. The summed E-state index contributed by atoms with van der Waals surface area (Å²) in [6, 6.07) is 5.36. The first-order valence-corrected chi connectivity index (χ1v) is 5.79. The zero-order valence-electron chi connectivity index (χ0n) is 9.98. The number of Topliss-reactive ketones (excluding diaryl/α,β-unsaturated/α-hetero) is 1. The van der Waals surface area contributed by atoms with E-state index < -0.39 is 0 Å². The average Bonchev–Trinajstić information content (AvgIpc) is 2.34. The number of benzene rings is 1. The molecule has 2 rings (SSSR count). The molecular weight excluding hydrogens is 218 g/mol. The Bertz CT molecular complexity index is 407. The summed E-state index contributed by atoms with van der Waals surface area (Å²) in [6.45, 7) is 2.44. The van der Waals surface area contributed by atoms with E-state index in [0.717, 1.165) is 25.2 Å². The SMILES string of the molecule is COc1cc(CN2CCC(=O)CC2)ccc1O. The van der Waals surface area contributed by atoms with Crippen molar-refractivity contribution in [2.45, 2.75) is 19.4 Å². The Morgan fingerprint density at radius 3 is 2.71 bits per heavy atom. The van der Waals surface area contributed by atoms with Crippen LogP contribution in [0.4, 0.5) is 0 Å². The Balaban J connectivity index is 2.01. The molecule has 0 radical (unpaired) electrons. The van der Waals surface area contributed by atoms with Crippen LogP contribution in [0.25, 0.3) is 0 Å². The molecule has 0 atom stereocenters. The lowest BCUT2D eigenvalue weighted by Crippen LogP contribution is -2.33. The van der Waals surface area contributed by atoms with E-state index in [0.29, 0.717) is 24.4 Å². The number of phenolic OH excluding ortho intramolecular Hbond substituents is 1. The van der Waals surface area contributed by atoms with E-state index in [4.69, 9.17) is 4.74 Å². The molecule has 0 unspecified atom stereocenters. The molecule has 0 spiro atoms. The normalized spacial score (nSPS) is 17.1. The van der Waals surface area contributed by atoms with Gasteiger partial charge >= 0.3 is 0 Å². The lowest BCUT2D eigenvalue weighted by molar-refractivity contribution is -0.121. The van der Waals surface area contributed by atoms with Crippen LogP contribution >= 0.6 is 0 Å². The first-order chi connectivity index (χ1) is 8.19. The largest absolute Gasteiger partial charge is 0.504 e. The van der Waals surface area contributed by atoms with Crippen LogP contribution in [0.15, 0.2) is 18.2 Å². The van der Waals surface area contributed by atoms with E-state index in [1.54, 1.807) is 13.2 Å². The van der Waals surface area contributed by atoms with Crippen LogP contribution in [-0.4, -0.2) is 36.0 Å². The third-order valence-electron chi connectivity index (χ3n) is 3.06. The molecule has 1 aliphatic rings. The molecule has 4 heteroatoms. The highest BCUT2D eigenvalue weighted by Crippen LogP contribution is 2.27. The monoisotopic (exact) mass is 235 g/mol. The van der Waals surface area contributed by atoms with E-state index in [1.807, 2.05) is 12.1 Å². The maximum absolute atomic E-state index is 11.1. The standard InChI is InChI=1S/C13H17NO3/c1-17-13-8-10(2-3-12(13)16)9-14-6-4-11(15)5-7-14/h2-3,8,16H,4-7,9H2,1H3. The predicted molar refractivity (Wildman–Crippen MR) is 64.2 cm³/mol. The van der Waals surface area contributed by atoms with Crippen molar-refractivity contribution in [1.29, 1.82) is 0 Å². The van der Waals surface area contributed by atoms with Crippen LogP contribution < -0.4 is 4.74 Å². The summed E-state index contributed by atoms with van der Waals surface area (Å²) in [6.07, 6.45) is 1.30. The zero-order chi connectivity index (χ0) is 12.3. The number of rotatable bonds is 3. The maximum Gasteiger partial charge on any atom is 0.160 e. The molecule has 1 saturated heterocycles. The Morgan fingerprint density at radius 2 is 2.06 bits per heavy atom. The van der Waals surface area contributed by atoms with E-state index >= 15 is 0 Å². The van der Waals surface area contributed by atoms with Crippen LogP contribution in [0.2, 0.25) is 0 Å². The van der Waals surface area contributed by atoms with Gasteiger partial charge in [0.2, 0.25) is 0 Å². The van der Waals surface area contributed by atoms with Gasteiger partial charge in [-0.25, -0.2) is 0 Å². The molecule has 4 nitrogen and oxygen atoms in total. The van der Waals surface area contributed by atoms with Crippen molar-refractivity contribution < 1.29 is 14.6 Å². The average molecular weight is 235 g/mol. The second-order valence-corrected chi connectivity index (χ2v) is 4.32. The van der Waals surface area contributed by atoms with E-state index in [2.05, 4.69) is 4.90 Å². The minimum absolute atomic E-state index is 0.157. The molecule has 1 fully saturated rings. The Hall–Kier alpha value is -1.55. The Kier molecular flexibility index (Phi) is 3.64. The number of nitrogens with zero attached hydrogens (tertiary/aromatic N) is 1. The van der Waals surface area contributed by atoms with Gasteiger partial charge in [-0.1, -0.05) is 6.07 Å². The quantitative estimate of drug-likeness (QED) is 0.864. The Morgan fingerprint density at radius 1 is 1.35 bits per heavy atom. The molecular formula is C13H17NO3. The van der Waals surface area contributed by atoms with Gasteiger partial charge in [0.1, 0.15) is 5.78 Å². The fourth-order valence-electron chi connectivity index (χ4n) is 2.04. The zero-order valence-corrected chi connectivity index (χ0v) is 9.98. The van der Waals surface area contributed by atoms with E-state index in [9.17, 15) is 9.90 Å². The molecule has 1 aromatic rings. The first-order valence-electron chi connectivity index (χ1n) is 5.79. The number of hydrogen-bond acceptors (Lipinski definition) is 4. The van der Waals surface area contributed by atoms with Crippen LogP contribution in [0.3, 0.4) is 0 Å². The fraction of sp³-hybridized carbons (Fsp3) is 0.462. The van der Waals surface area contributed by atoms with Crippen LogP contribution in [-0.2, 0) is 11.3 Å². The molecule has 1 N–H and O–H groups in total. The summed E-state index contributed by atoms with van der Waals surface area (Å²) in [5, 5.41) is 9.49. The summed E-state index contributed by atoms with van der Waals surface area (Å²) in [4.78, 5) is 13.4. The van der Waals surface area contributed by atoms with Gasteiger partial charge in [0.25, 0.3) is 0 Å². The van der Waals surface area contributed by atoms with Gasteiger partial charge in [-0.3, -0.25) is 9.69 Å². The molecule has 0 saturated carbocycles. The summed E-state index contributed by atoms with van der Waals surface area (Å²) >= 11 is 0. The number of carbonyl (C=O) groups excluding carboxylic acids is 1. The number of methoxy groups -OCH3 is 1. The number of ether oxygens (including phenoxy) is 1. The number of ketones is 1. The predicted octanol–water partition coefficient (Wildman–Crippen LogP) is 1.57. The summed E-state index contributed by atoms with van der Waals surface area (Å²) in [5.74, 6) is 1.00. The highest BCUT2D eigenvalue weighted by molar-refractivity contribution is 5.79. The second-order valence-electron chi connectivity index (χ2n) is 4.32. The number of piperidine rings is 1. The highest BCUT2D eigenvalue weighted by Gasteiger charge is 2.16. The maximum atomic E-state index is 11.1. The lowest BCUT2D eigenvalue weighted by atomic mass is 10.1. The summed E-state index contributed by atoms with van der Waals surface area (Å²) in [5.41, 5.74) is 1.09. The van der Waals surface area contributed by atoms with Gasteiger partial charge in [0, 0.05) is 32.5 Å². The minimum Gasteiger partial charge on any atom is -0.504 e. The number of likely N-dealkylation sites (tertiary alicyclic amines) is 1. The molecule has 0 bridgehead atoms. The molecule has 17 heavy (non-hydrogen) atoms. The van der Waals surface area contributed by atoms with Crippen molar-refractivity contribution in [3.63, 3.8) is 0 Å². The third kappa shape index (κ3) is 2.97. The van der Waals surface area contributed by atoms with E-state index in [-0.39, 0.29) is 5.75 Å².